The molecule has 0 aliphatic rings. The van der Waals surface area contributed by atoms with Crippen molar-refractivity contribution in [2.75, 3.05) is 5.73 Å². The van der Waals surface area contributed by atoms with E-state index >= 15 is 0 Å². The summed E-state index contributed by atoms with van der Waals surface area (Å²) in [5, 5.41) is 8.56. The Bertz CT molecular complexity index is 632. The van der Waals surface area contributed by atoms with Gasteiger partial charge in [0.05, 0.1) is 0 Å². The highest BCUT2D eigenvalue weighted by Gasteiger charge is 2.12. The predicted molar refractivity (Wildman–Crippen MR) is 75.6 cm³/mol. The molecule has 3 N–H and O–H groups in total. The number of aromatic nitrogens is 2. The van der Waals surface area contributed by atoms with E-state index in [9.17, 15) is 14.4 Å². The summed E-state index contributed by atoms with van der Waals surface area (Å²) in [7, 11) is 2.82. The summed E-state index contributed by atoms with van der Waals surface area (Å²) in [5.41, 5.74) is 5.09. The first-order valence-corrected chi connectivity index (χ1v) is 6.07. The number of hydrogen-bond acceptors (Lipinski definition) is 5. The van der Waals surface area contributed by atoms with E-state index in [-0.39, 0.29) is 17.9 Å². The molecule has 0 atom stereocenters. The third-order valence-electron chi connectivity index (χ3n) is 2.89. The minimum atomic E-state index is -0.877. The number of nitrogens with zero attached hydrogens (tertiary/aromatic N) is 3. The van der Waals surface area contributed by atoms with Crippen molar-refractivity contribution in [3.05, 3.63) is 20.8 Å². The number of aliphatic carboxylic acids is 1. The van der Waals surface area contributed by atoms with Crippen LogP contribution in [0.2, 0.25) is 0 Å². The van der Waals surface area contributed by atoms with Gasteiger partial charge in [0.25, 0.3) is 5.56 Å². The standard InChI is InChI=1S/C12H18N4O4/c1-7(5-4-6-8(17)18)14-10-9(13)11(19)16(3)12(20)15(10)2/h4-6,13H2,1-3H3,(H,17,18). The molecule has 1 aromatic rings. The van der Waals surface area contributed by atoms with Crippen LogP contribution in [0, 0.1) is 0 Å². The third kappa shape index (κ3) is 3.34. The monoisotopic (exact) mass is 282 g/mol. The summed E-state index contributed by atoms with van der Waals surface area (Å²) in [6, 6.07) is 0. The molecule has 0 bridgehead atoms. The first-order valence-electron chi connectivity index (χ1n) is 6.07. The first kappa shape index (κ1) is 15.7. The molecule has 0 fully saturated rings. The Kier molecular flexibility index (Phi) is 4.84. The molecule has 0 spiro atoms. The fourth-order valence-corrected chi connectivity index (χ4v) is 1.73. The molecular formula is C12H18N4O4. The van der Waals surface area contributed by atoms with Crippen molar-refractivity contribution in [2.45, 2.75) is 26.2 Å². The van der Waals surface area contributed by atoms with E-state index in [2.05, 4.69) is 4.99 Å². The highest BCUT2D eigenvalue weighted by Crippen LogP contribution is 2.15. The van der Waals surface area contributed by atoms with E-state index in [0.29, 0.717) is 18.6 Å². The molecule has 0 aliphatic heterocycles. The highest BCUT2D eigenvalue weighted by molar-refractivity contribution is 5.85. The van der Waals surface area contributed by atoms with Crippen LogP contribution in [0.3, 0.4) is 0 Å². The van der Waals surface area contributed by atoms with Gasteiger partial charge in [-0.1, -0.05) is 0 Å². The molecule has 20 heavy (non-hydrogen) atoms. The van der Waals surface area contributed by atoms with Crippen LogP contribution >= 0.6 is 0 Å². The Morgan fingerprint density at radius 1 is 1.25 bits per heavy atom. The van der Waals surface area contributed by atoms with E-state index in [1.807, 2.05) is 0 Å². The Labute approximate surface area is 115 Å². The Morgan fingerprint density at radius 3 is 2.40 bits per heavy atom. The molecule has 110 valence electrons. The van der Waals surface area contributed by atoms with E-state index in [4.69, 9.17) is 10.8 Å². The first-order chi connectivity index (χ1) is 9.25. The van der Waals surface area contributed by atoms with Crippen molar-refractivity contribution in [3.8, 4) is 0 Å². The normalized spacial score (nSPS) is 11.7. The van der Waals surface area contributed by atoms with Gasteiger partial charge >= 0.3 is 11.7 Å². The maximum absolute atomic E-state index is 11.8. The van der Waals surface area contributed by atoms with Crippen molar-refractivity contribution < 1.29 is 9.90 Å². The fourth-order valence-electron chi connectivity index (χ4n) is 1.73. The van der Waals surface area contributed by atoms with Crippen LogP contribution in [0.4, 0.5) is 11.5 Å². The largest absolute Gasteiger partial charge is 0.481 e. The maximum Gasteiger partial charge on any atom is 0.332 e. The minimum absolute atomic E-state index is 0.0395. The van der Waals surface area contributed by atoms with Gasteiger partial charge in [0.2, 0.25) is 0 Å². The molecule has 8 heteroatoms. The number of aliphatic imine (C=N–C) groups is 1. The van der Waals surface area contributed by atoms with Crippen molar-refractivity contribution in [3.63, 3.8) is 0 Å². The van der Waals surface area contributed by atoms with Crippen LogP contribution < -0.4 is 17.0 Å². The van der Waals surface area contributed by atoms with Crippen LogP contribution in [0.1, 0.15) is 26.2 Å². The molecule has 8 nitrogen and oxygen atoms in total. The summed E-state index contributed by atoms with van der Waals surface area (Å²) in [4.78, 5) is 38.1. The van der Waals surface area contributed by atoms with Crippen molar-refractivity contribution >= 4 is 23.2 Å². The summed E-state index contributed by atoms with van der Waals surface area (Å²) < 4.78 is 2.10. The lowest BCUT2D eigenvalue weighted by Gasteiger charge is -2.09. The highest BCUT2D eigenvalue weighted by atomic mass is 16.4. The average Bonchev–Trinajstić information content (AvgIpc) is 2.39. The van der Waals surface area contributed by atoms with Crippen molar-refractivity contribution in [1.29, 1.82) is 0 Å². The molecule has 0 unspecified atom stereocenters. The Balaban J connectivity index is 3.12. The number of nitrogen functional groups attached to an aromatic ring is 1. The van der Waals surface area contributed by atoms with Gasteiger partial charge in [-0.15, -0.1) is 0 Å². The summed E-state index contributed by atoms with van der Waals surface area (Å²) >= 11 is 0. The quantitative estimate of drug-likeness (QED) is 0.737. The van der Waals surface area contributed by atoms with Gasteiger partial charge in [-0.05, 0) is 19.8 Å². The van der Waals surface area contributed by atoms with E-state index in [1.54, 1.807) is 6.92 Å². The summed E-state index contributed by atoms with van der Waals surface area (Å²) in [6.07, 6.45) is 0.927. The second kappa shape index (κ2) is 6.18. The minimum Gasteiger partial charge on any atom is -0.481 e. The van der Waals surface area contributed by atoms with E-state index in [1.165, 1.54) is 18.7 Å². The second-order valence-electron chi connectivity index (χ2n) is 4.54. The fraction of sp³-hybridized carbons (Fsp3) is 0.500. The van der Waals surface area contributed by atoms with Gasteiger partial charge in [0, 0.05) is 26.2 Å². The Morgan fingerprint density at radius 2 is 1.85 bits per heavy atom. The van der Waals surface area contributed by atoms with Gasteiger partial charge in [0.1, 0.15) is 5.69 Å². The lowest BCUT2D eigenvalue weighted by Crippen LogP contribution is -2.38. The summed E-state index contributed by atoms with van der Waals surface area (Å²) in [5.74, 6) is -0.774. The van der Waals surface area contributed by atoms with Gasteiger partial charge in [0.15, 0.2) is 5.82 Å². The predicted octanol–water partition coefficient (Wildman–Crippen LogP) is 0.0135. The van der Waals surface area contributed by atoms with E-state index in [0.717, 1.165) is 4.57 Å². The topological polar surface area (TPSA) is 120 Å². The molecular weight excluding hydrogens is 264 g/mol. The molecule has 1 aromatic heterocycles. The van der Waals surface area contributed by atoms with Crippen molar-refractivity contribution in [1.82, 2.24) is 9.13 Å². The number of nitrogens with two attached hydrogens (primary N) is 1. The van der Waals surface area contributed by atoms with Gasteiger partial charge in [-0.25, -0.2) is 9.79 Å². The van der Waals surface area contributed by atoms with Crippen LogP contribution in [0.25, 0.3) is 0 Å². The lowest BCUT2D eigenvalue weighted by atomic mass is 10.2. The molecule has 0 radical (unpaired) electrons. The maximum atomic E-state index is 11.8. The van der Waals surface area contributed by atoms with Gasteiger partial charge < -0.3 is 10.8 Å². The van der Waals surface area contributed by atoms with Crippen LogP contribution in [-0.2, 0) is 18.9 Å². The van der Waals surface area contributed by atoms with Gasteiger partial charge in [-0.2, -0.15) is 0 Å². The molecule has 0 amide bonds. The van der Waals surface area contributed by atoms with Crippen LogP contribution in [0.15, 0.2) is 14.6 Å². The molecule has 1 rings (SSSR count). The number of hydrogen-bond donors (Lipinski definition) is 2. The third-order valence-corrected chi connectivity index (χ3v) is 2.89. The zero-order valence-corrected chi connectivity index (χ0v) is 11.7. The smallest absolute Gasteiger partial charge is 0.332 e. The Hall–Kier alpha value is -2.38. The molecule has 0 saturated carbocycles. The van der Waals surface area contributed by atoms with Gasteiger partial charge in [-0.3, -0.25) is 18.7 Å². The number of carboxylic acids is 1. The second-order valence-corrected chi connectivity index (χ2v) is 4.54. The van der Waals surface area contributed by atoms with Crippen LogP contribution in [0.5, 0.6) is 0 Å². The molecule has 0 aromatic carbocycles. The zero-order valence-electron chi connectivity index (χ0n) is 11.7. The SMILES string of the molecule is CC(CCCC(=O)O)=Nc1c(N)c(=O)n(C)c(=O)n1C. The number of rotatable bonds is 5. The van der Waals surface area contributed by atoms with E-state index < -0.39 is 17.2 Å². The zero-order chi connectivity index (χ0) is 15.4. The van der Waals surface area contributed by atoms with Crippen molar-refractivity contribution in [2.24, 2.45) is 19.1 Å². The van der Waals surface area contributed by atoms with Crippen LogP contribution in [-0.4, -0.2) is 25.9 Å². The lowest BCUT2D eigenvalue weighted by molar-refractivity contribution is -0.137. The average molecular weight is 282 g/mol. The number of carbonyl (C=O) groups is 1. The summed E-state index contributed by atoms with van der Waals surface area (Å²) in [6.45, 7) is 1.70. The number of carboxylic acid groups (broad SMARTS) is 1. The molecule has 0 aliphatic carbocycles. The number of anilines is 1. The molecule has 0 saturated heterocycles. The molecule has 1 heterocycles.